The molecule has 0 radical (unpaired) electrons. The molecule has 0 heterocycles. The third-order valence-corrected chi connectivity index (χ3v) is 23.0. The smallest absolute Gasteiger partial charge is 0.0468 e. The highest BCUT2D eigenvalue weighted by atomic mass is 16.5. The van der Waals surface area contributed by atoms with Crippen LogP contribution < -0.4 is 0 Å². The van der Waals surface area contributed by atoms with Gasteiger partial charge in [-0.25, -0.2) is 0 Å². The SMILES string of the molecule is CCCCCCC[C@H]1CC[C@H](C(CCOCCC([C@H]2CC[C@H](CCCCCCC)CC2)[C@H]2CC[C@H]([C@H]3CC[C@H](CCCCCCC)CC3)CC2)[C@H]2CC[C@H]([C@H]3CC[C@H](CCCCCCC)CC3)CC2)CC1. The van der Waals surface area contributed by atoms with Crippen LogP contribution in [0.1, 0.15) is 349 Å². The van der Waals surface area contributed by atoms with E-state index >= 15 is 0 Å². The highest BCUT2D eigenvalue weighted by Gasteiger charge is 2.39. The molecule has 1 heteroatoms. The minimum atomic E-state index is 0.939. The Bertz CT molecular complexity index is 1110. The van der Waals surface area contributed by atoms with Crippen molar-refractivity contribution in [1.29, 1.82) is 0 Å². The molecule has 0 aromatic heterocycles. The molecule has 0 saturated heterocycles. The van der Waals surface area contributed by atoms with Crippen LogP contribution in [-0.4, -0.2) is 13.2 Å². The molecular weight excluding hydrogens is 857 g/mol. The molecule has 6 rings (SSSR count). The van der Waals surface area contributed by atoms with Crippen molar-refractivity contribution in [2.45, 2.75) is 349 Å². The van der Waals surface area contributed by atoms with Crippen LogP contribution >= 0.6 is 0 Å². The molecule has 0 bridgehead atoms. The molecule has 0 amide bonds. The van der Waals surface area contributed by atoms with Crippen LogP contribution in [0, 0.1) is 82.9 Å². The number of hydrogen-bond donors (Lipinski definition) is 0. The standard InChI is InChI=1S/C70H130O/c1-5-9-13-17-21-25-57-29-37-61(38-30-57)63-45-49-67(50-46-63)69(65-41-33-59(34-42-65)27-23-19-15-11-7-3)53-55-71-56-54-70(66-43-35-60(36-44-66)28-24-20-16-12-8-4)68-51-47-64(48-52-68)62-39-31-58(32-40-62)26-22-18-14-10-6-2/h57-70H,5-56H2,1-4H3/t57-,58-,59-,60-,61-,62-,63-,64-,65-,66-,67-,68-,69?,70?. The highest BCUT2D eigenvalue weighted by molar-refractivity contribution is 4.90. The van der Waals surface area contributed by atoms with E-state index in [0.717, 1.165) is 96.1 Å². The molecule has 0 aliphatic heterocycles. The lowest BCUT2D eigenvalue weighted by atomic mass is 9.63. The van der Waals surface area contributed by atoms with E-state index in [1.54, 1.807) is 154 Å². The Balaban J connectivity index is 0.975. The van der Waals surface area contributed by atoms with E-state index < -0.39 is 0 Å². The zero-order chi connectivity index (χ0) is 49.6. The fourth-order valence-corrected chi connectivity index (χ4v) is 18.2. The van der Waals surface area contributed by atoms with Crippen molar-refractivity contribution >= 4 is 0 Å². The molecule has 2 unspecified atom stereocenters. The van der Waals surface area contributed by atoms with Gasteiger partial charge in [-0.2, -0.15) is 0 Å². The van der Waals surface area contributed by atoms with Gasteiger partial charge in [-0.15, -0.1) is 0 Å². The molecule has 1 nitrogen and oxygen atoms in total. The molecular formula is C70H130O. The van der Waals surface area contributed by atoms with Crippen LogP contribution in [0.3, 0.4) is 0 Å². The van der Waals surface area contributed by atoms with Crippen molar-refractivity contribution in [3.05, 3.63) is 0 Å². The van der Waals surface area contributed by atoms with Crippen LogP contribution in [0.15, 0.2) is 0 Å². The van der Waals surface area contributed by atoms with Crippen molar-refractivity contribution in [2.24, 2.45) is 82.9 Å². The number of hydrogen-bond acceptors (Lipinski definition) is 1. The van der Waals surface area contributed by atoms with Crippen LogP contribution in [0.4, 0.5) is 0 Å². The first kappa shape index (κ1) is 60.2. The Morgan fingerprint density at radius 2 is 0.465 bits per heavy atom. The summed E-state index contributed by atoms with van der Waals surface area (Å²) in [5.41, 5.74) is 0. The van der Waals surface area contributed by atoms with Crippen LogP contribution in [0.5, 0.6) is 0 Å². The second kappa shape index (κ2) is 36.9. The van der Waals surface area contributed by atoms with Gasteiger partial charge >= 0.3 is 0 Å². The van der Waals surface area contributed by atoms with Crippen molar-refractivity contribution in [2.75, 3.05) is 13.2 Å². The maximum atomic E-state index is 7.02. The summed E-state index contributed by atoms with van der Waals surface area (Å²) in [6.07, 6.45) is 75.4. The Morgan fingerprint density at radius 3 is 0.718 bits per heavy atom. The van der Waals surface area contributed by atoms with Gasteiger partial charge in [0.1, 0.15) is 0 Å². The maximum Gasteiger partial charge on any atom is 0.0468 e. The summed E-state index contributed by atoms with van der Waals surface area (Å²) < 4.78 is 7.02. The van der Waals surface area contributed by atoms with Gasteiger partial charge in [0.2, 0.25) is 0 Å². The third-order valence-electron chi connectivity index (χ3n) is 23.0. The van der Waals surface area contributed by atoms with Gasteiger partial charge in [-0.1, -0.05) is 233 Å². The Morgan fingerprint density at radius 1 is 0.254 bits per heavy atom. The average molecular weight is 988 g/mol. The number of rotatable bonds is 36. The largest absolute Gasteiger partial charge is 0.381 e. The fraction of sp³-hybridized carbons (Fsp3) is 1.00. The minimum Gasteiger partial charge on any atom is -0.381 e. The van der Waals surface area contributed by atoms with Crippen LogP contribution in [0.25, 0.3) is 0 Å². The van der Waals surface area contributed by atoms with Crippen LogP contribution in [0.2, 0.25) is 0 Å². The fourth-order valence-electron chi connectivity index (χ4n) is 18.2. The summed E-state index contributed by atoms with van der Waals surface area (Å²) in [4.78, 5) is 0. The van der Waals surface area contributed by atoms with E-state index in [9.17, 15) is 0 Å². The molecule has 0 aromatic carbocycles. The summed E-state index contributed by atoms with van der Waals surface area (Å²) in [6.45, 7) is 11.6. The lowest BCUT2D eigenvalue weighted by Crippen LogP contribution is -2.34. The van der Waals surface area contributed by atoms with Gasteiger partial charge in [0.05, 0.1) is 0 Å². The predicted molar refractivity (Wildman–Crippen MR) is 313 cm³/mol. The summed E-state index contributed by atoms with van der Waals surface area (Å²) in [7, 11) is 0. The van der Waals surface area contributed by atoms with Crippen LogP contribution in [-0.2, 0) is 4.74 Å². The first-order valence-corrected chi connectivity index (χ1v) is 34.7. The number of ether oxygens (including phenoxy) is 1. The Kier molecular flexibility index (Phi) is 31.3. The van der Waals surface area contributed by atoms with E-state index in [1.165, 1.54) is 167 Å². The zero-order valence-corrected chi connectivity index (χ0v) is 49.3. The lowest BCUT2D eigenvalue weighted by Gasteiger charge is -2.43. The van der Waals surface area contributed by atoms with E-state index in [2.05, 4.69) is 27.7 Å². The molecule has 6 saturated carbocycles. The molecule has 0 aromatic rings. The van der Waals surface area contributed by atoms with Gasteiger partial charge in [0, 0.05) is 13.2 Å². The average Bonchev–Trinajstić information content (AvgIpc) is 3.41. The van der Waals surface area contributed by atoms with Crippen molar-refractivity contribution < 1.29 is 4.74 Å². The van der Waals surface area contributed by atoms with Crippen molar-refractivity contribution in [3.8, 4) is 0 Å². The third kappa shape index (κ3) is 22.5. The Hall–Kier alpha value is -0.0400. The molecule has 0 spiro atoms. The quantitative estimate of drug-likeness (QED) is 0.0569. The molecule has 2 atom stereocenters. The Labute approximate surface area is 447 Å². The van der Waals surface area contributed by atoms with E-state index in [0.29, 0.717) is 0 Å². The molecule has 6 aliphatic rings. The molecule has 6 aliphatic carbocycles. The summed E-state index contributed by atoms with van der Waals surface area (Å²) in [5.74, 6) is 14.2. The van der Waals surface area contributed by atoms with Gasteiger partial charge < -0.3 is 4.74 Å². The summed E-state index contributed by atoms with van der Waals surface area (Å²) in [5, 5.41) is 0. The molecule has 0 N–H and O–H groups in total. The van der Waals surface area contributed by atoms with E-state index in [-0.39, 0.29) is 0 Å². The maximum absolute atomic E-state index is 7.02. The molecule has 71 heavy (non-hydrogen) atoms. The highest BCUT2D eigenvalue weighted by Crippen LogP contribution is 2.50. The normalized spacial score (nSPS) is 33.0. The lowest BCUT2D eigenvalue weighted by molar-refractivity contribution is 0.0302. The second-order valence-electron chi connectivity index (χ2n) is 27.8. The van der Waals surface area contributed by atoms with Gasteiger partial charge in [-0.3, -0.25) is 0 Å². The topological polar surface area (TPSA) is 9.23 Å². The van der Waals surface area contributed by atoms with Gasteiger partial charge in [0.25, 0.3) is 0 Å². The summed E-state index contributed by atoms with van der Waals surface area (Å²) in [6, 6.07) is 0. The number of unbranched alkanes of at least 4 members (excludes halogenated alkanes) is 16. The minimum absolute atomic E-state index is 0.939. The first-order chi connectivity index (χ1) is 35.1. The molecule has 416 valence electrons. The zero-order valence-electron chi connectivity index (χ0n) is 49.3. The van der Waals surface area contributed by atoms with Crippen molar-refractivity contribution in [3.63, 3.8) is 0 Å². The monoisotopic (exact) mass is 987 g/mol. The van der Waals surface area contributed by atoms with E-state index in [1.807, 2.05) is 0 Å². The molecule has 6 fully saturated rings. The predicted octanol–water partition coefficient (Wildman–Crippen LogP) is 23.3. The summed E-state index contributed by atoms with van der Waals surface area (Å²) >= 11 is 0. The van der Waals surface area contributed by atoms with Gasteiger partial charge in [-0.05, 0) is 198 Å². The first-order valence-electron chi connectivity index (χ1n) is 34.7. The second-order valence-corrected chi connectivity index (χ2v) is 27.8. The van der Waals surface area contributed by atoms with E-state index in [4.69, 9.17) is 4.74 Å². The van der Waals surface area contributed by atoms with Gasteiger partial charge in [0.15, 0.2) is 0 Å². The van der Waals surface area contributed by atoms with Crippen molar-refractivity contribution in [1.82, 2.24) is 0 Å².